The van der Waals surface area contributed by atoms with Crippen LogP contribution >= 0.6 is 11.3 Å². The van der Waals surface area contributed by atoms with E-state index in [9.17, 15) is 0 Å². The van der Waals surface area contributed by atoms with Gasteiger partial charge in [0.15, 0.2) is 0 Å². The Morgan fingerprint density at radius 3 is 2.33 bits per heavy atom. The lowest BCUT2D eigenvalue weighted by atomic mass is 10.0. The topological polar surface area (TPSA) is 17.8 Å². The molecule has 2 heterocycles. The van der Waals surface area contributed by atoms with E-state index in [2.05, 4.69) is 71.8 Å². The van der Waals surface area contributed by atoms with Crippen molar-refractivity contribution in [3.63, 3.8) is 0 Å². The number of benzene rings is 3. The summed E-state index contributed by atoms with van der Waals surface area (Å²) in [5.41, 5.74) is 3.55. The molecule has 0 unspecified atom stereocenters. The Morgan fingerprint density at radius 1 is 0.708 bits per heavy atom. The minimum atomic E-state index is 1.08. The van der Waals surface area contributed by atoms with E-state index in [-0.39, 0.29) is 0 Å². The van der Waals surface area contributed by atoms with Gasteiger partial charge in [0.1, 0.15) is 0 Å². The summed E-state index contributed by atoms with van der Waals surface area (Å²) in [6, 6.07) is 25.8. The molecule has 0 fully saturated rings. The van der Waals surface area contributed by atoms with Crippen molar-refractivity contribution in [2.24, 2.45) is 0 Å². The smallest absolute Gasteiger partial charge is 0.0645 e. The first-order valence-corrected chi connectivity index (χ1v) is 8.72. The summed E-state index contributed by atoms with van der Waals surface area (Å²) in [6.45, 7) is 0. The second kappa shape index (κ2) is 5.32. The summed E-state index contributed by atoms with van der Waals surface area (Å²) in [5.74, 6) is 0. The van der Waals surface area contributed by atoms with Crippen LogP contribution in [0.15, 0.2) is 85.2 Å². The first kappa shape index (κ1) is 13.5. The largest absolute Gasteiger partial charge is 0.241 e. The first-order chi connectivity index (χ1) is 11.9. The van der Waals surface area contributed by atoms with Crippen LogP contribution < -0.4 is 0 Å². The molecule has 5 rings (SSSR count). The molecule has 0 aliphatic rings. The van der Waals surface area contributed by atoms with Gasteiger partial charge in [-0.25, -0.2) is 4.68 Å². The van der Waals surface area contributed by atoms with Gasteiger partial charge in [-0.05, 0) is 41.5 Å². The second-order valence-corrected chi connectivity index (χ2v) is 6.89. The molecule has 2 aromatic heterocycles. The summed E-state index contributed by atoms with van der Waals surface area (Å²) < 4.78 is 4.56. The summed E-state index contributed by atoms with van der Waals surface area (Å²) in [4.78, 5) is 0. The van der Waals surface area contributed by atoms with Gasteiger partial charge in [0.25, 0.3) is 0 Å². The van der Waals surface area contributed by atoms with Crippen molar-refractivity contribution < 1.29 is 0 Å². The third kappa shape index (κ3) is 2.14. The number of thiophene rings is 1. The number of hydrogen-bond acceptors (Lipinski definition) is 2. The van der Waals surface area contributed by atoms with Crippen LogP contribution in [-0.2, 0) is 0 Å². The van der Waals surface area contributed by atoms with E-state index in [1.54, 1.807) is 6.20 Å². The first-order valence-electron chi connectivity index (χ1n) is 7.90. The normalized spacial score (nSPS) is 11.3. The number of hydrogen-bond donors (Lipinski definition) is 0. The third-order valence-corrected chi connectivity index (χ3v) is 5.48. The molecule has 0 radical (unpaired) electrons. The molecule has 0 spiro atoms. The molecule has 3 aromatic carbocycles. The molecule has 5 aromatic rings. The minimum Gasteiger partial charge on any atom is -0.241 e. The van der Waals surface area contributed by atoms with Gasteiger partial charge in [-0.3, -0.25) is 0 Å². The van der Waals surface area contributed by atoms with Crippen molar-refractivity contribution in [2.75, 3.05) is 0 Å². The highest BCUT2D eigenvalue weighted by Crippen LogP contribution is 2.36. The number of rotatable bonds is 2. The van der Waals surface area contributed by atoms with Gasteiger partial charge in [-0.2, -0.15) is 5.10 Å². The molecule has 0 aliphatic carbocycles. The van der Waals surface area contributed by atoms with Crippen molar-refractivity contribution in [3.8, 4) is 16.8 Å². The van der Waals surface area contributed by atoms with Gasteiger partial charge < -0.3 is 0 Å². The Labute approximate surface area is 143 Å². The predicted molar refractivity (Wildman–Crippen MR) is 102 cm³/mol. The Hall–Kier alpha value is -2.91. The molecule has 24 heavy (non-hydrogen) atoms. The molecule has 0 bridgehead atoms. The maximum Gasteiger partial charge on any atom is 0.0645 e. The zero-order valence-electron chi connectivity index (χ0n) is 12.9. The standard InChI is InChI=1S/C21H14N2S/c1-2-5-20-18(4-1)19-11-8-16(14-21(19)24-20)15-6-9-17(10-7-15)23-13-3-12-22-23/h1-14H. The SMILES string of the molecule is c1ccc2c(c1)sc1cc(-c3ccc(-n4cccn4)cc3)ccc12. The highest BCUT2D eigenvalue weighted by Gasteiger charge is 2.06. The molecule has 0 aliphatic heterocycles. The molecule has 0 amide bonds. The van der Waals surface area contributed by atoms with E-state index in [0.29, 0.717) is 0 Å². The van der Waals surface area contributed by atoms with Gasteiger partial charge in [-0.15, -0.1) is 11.3 Å². The van der Waals surface area contributed by atoms with Gasteiger partial charge in [0.2, 0.25) is 0 Å². The highest BCUT2D eigenvalue weighted by atomic mass is 32.1. The van der Waals surface area contributed by atoms with Crippen LogP contribution in [0.2, 0.25) is 0 Å². The van der Waals surface area contributed by atoms with Gasteiger partial charge in [-0.1, -0.05) is 42.5 Å². The second-order valence-electron chi connectivity index (χ2n) is 5.81. The lowest BCUT2D eigenvalue weighted by Gasteiger charge is -2.05. The lowest BCUT2D eigenvalue weighted by Crippen LogP contribution is -1.93. The van der Waals surface area contributed by atoms with Gasteiger partial charge in [0.05, 0.1) is 5.69 Å². The van der Waals surface area contributed by atoms with Crippen LogP contribution in [0.5, 0.6) is 0 Å². The molecule has 0 saturated heterocycles. The Bertz CT molecular complexity index is 1140. The fourth-order valence-corrected chi connectivity index (χ4v) is 4.28. The van der Waals surface area contributed by atoms with Crippen LogP contribution in [0.4, 0.5) is 0 Å². The summed E-state index contributed by atoms with van der Waals surface area (Å²) in [7, 11) is 0. The van der Waals surface area contributed by atoms with Crippen LogP contribution in [0.3, 0.4) is 0 Å². The van der Waals surface area contributed by atoms with Crippen LogP contribution in [0.25, 0.3) is 37.0 Å². The van der Waals surface area contributed by atoms with Crippen LogP contribution in [0.1, 0.15) is 0 Å². The maximum absolute atomic E-state index is 4.27. The van der Waals surface area contributed by atoms with E-state index in [4.69, 9.17) is 0 Å². The molecule has 2 nitrogen and oxygen atoms in total. The third-order valence-electron chi connectivity index (χ3n) is 4.35. The van der Waals surface area contributed by atoms with Crippen molar-refractivity contribution in [1.82, 2.24) is 9.78 Å². The van der Waals surface area contributed by atoms with Crippen molar-refractivity contribution in [2.45, 2.75) is 0 Å². The maximum atomic E-state index is 4.27. The average Bonchev–Trinajstić information content (AvgIpc) is 3.29. The number of aromatic nitrogens is 2. The fraction of sp³-hybridized carbons (Fsp3) is 0. The number of nitrogens with zero attached hydrogens (tertiary/aromatic N) is 2. The fourth-order valence-electron chi connectivity index (χ4n) is 3.13. The molecule has 0 saturated carbocycles. The van der Waals surface area contributed by atoms with E-state index in [1.165, 1.54) is 31.3 Å². The van der Waals surface area contributed by atoms with E-state index < -0.39 is 0 Å². The van der Waals surface area contributed by atoms with Gasteiger partial charge >= 0.3 is 0 Å². The van der Waals surface area contributed by atoms with Crippen molar-refractivity contribution in [1.29, 1.82) is 0 Å². The van der Waals surface area contributed by atoms with Crippen molar-refractivity contribution in [3.05, 3.63) is 85.2 Å². The summed E-state index contributed by atoms with van der Waals surface area (Å²) in [6.07, 6.45) is 3.75. The molecular formula is C21H14N2S. The zero-order chi connectivity index (χ0) is 15.9. The molecule has 0 N–H and O–H groups in total. The quantitative estimate of drug-likeness (QED) is 0.394. The van der Waals surface area contributed by atoms with Crippen molar-refractivity contribution >= 4 is 31.5 Å². The molecule has 3 heteroatoms. The zero-order valence-corrected chi connectivity index (χ0v) is 13.7. The van der Waals surface area contributed by atoms with Crippen LogP contribution in [-0.4, -0.2) is 9.78 Å². The average molecular weight is 326 g/mol. The molecule has 114 valence electrons. The van der Waals surface area contributed by atoms with Gasteiger partial charge in [0, 0.05) is 32.6 Å². The highest BCUT2D eigenvalue weighted by molar-refractivity contribution is 7.25. The van der Waals surface area contributed by atoms with E-state index >= 15 is 0 Å². The molecular weight excluding hydrogens is 312 g/mol. The monoisotopic (exact) mass is 326 g/mol. The molecule has 0 atom stereocenters. The minimum absolute atomic E-state index is 1.08. The van der Waals surface area contributed by atoms with Crippen LogP contribution in [0, 0.1) is 0 Å². The lowest BCUT2D eigenvalue weighted by molar-refractivity contribution is 0.881. The van der Waals surface area contributed by atoms with E-state index in [0.717, 1.165) is 5.69 Å². The number of fused-ring (bicyclic) bond motifs is 3. The predicted octanol–water partition coefficient (Wildman–Crippen LogP) is 5.91. The Morgan fingerprint density at radius 2 is 1.50 bits per heavy atom. The summed E-state index contributed by atoms with van der Waals surface area (Å²) >= 11 is 1.86. The summed E-state index contributed by atoms with van der Waals surface area (Å²) in [5, 5.41) is 6.96. The Balaban J connectivity index is 1.60. The van der Waals surface area contributed by atoms with E-state index in [1.807, 2.05) is 28.3 Å². The Kier molecular flexibility index (Phi) is 3.00.